The van der Waals surface area contributed by atoms with Crippen molar-refractivity contribution >= 4 is 5.91 Å². The minimum atomic E-state index is -0.986. The molecule has 3 N–H and O–H groups in total. The zero-order chi connectivity index (χ0) is 26.0. The van der Waals surface area contributed by atoms with Gasteiger partial charge in [0.15, 0.2) is 0 Å². The Morgan fingerprint density at radius 3 is 2.47 bits per heavy atom. The normalized spacial score (nSPS) is 21.2. The highest BCUT2D eigenvalue weighted by atomic mass is 19.1. The monoisotopic (exact) mass is 502 g/mol. The first-order chi connectivity index (χ1) is 17.0. The second kappa shape index (κ2) is 10.7. The predicted octanol–water partition coefficient (Wildman–Crippen LogP) is 4.44. The summed E-state index contributed by atoms with van der Waals surface area (Å²) >= 11 is 0. The van der Waals surface area contributed by atoms with E-state index in [1.165, 1.54) is 19.1 Å². The summed E-state index contributed by atoms with van der Waals surface area (Å²) in [7, 11) is 0. The van der Waals surface area contributed by atoms with Gasteiger partial charge in [0.25, 0.3) is 0 Å². The quantitative estimate of drug-likeness (QED) is 0.473. The van der Waals surface area contributed by atoms with Crippen LogP contribution in [0.15, 0.2) is 36.4 Å². The molecule has 196 valence electrons. The first-order valence-corrected chi connectivity index (χ1v) is 12.6. The van der Waals surface area contributed by atoms with Crippen molar-refractivity contribution in [1.29, 1.82) is 0 Å². The molecule has 8 heteroatoms. The van der Waals surface area contributed by atoms with Crippen LogP contribution in [0, 0.1) is 17.6 Å². The summed E-state index contributed by atoms with van der Waals surface area (Å²) < 4.78 is 39.7. The minimum Gasteiger partial charge on any atom is -0.490 e. The summed E-state index contributed by atoms with van der Waals surface area (Å²) in [5, 5.41) is 17.2. The maximum Gasteiger partial charge on any atom is 0.217 e. The number of hydrogen-bond donors (Lipinski definition) is 3. The average molecular weight is 503 g/mol. The molecule has 0 radical (unpaired) electrons. The van der Waals surface area contributed by atoms with Crippen LogP contribution < -0.4 is 20.1 Å². The maximum atomic E-state index is 13.7. The molecule has 1 aliphatic heterocycles. The van der Waals surface area contributed by atoms with E-state index in [1.807, 2.05) is 39.0 Å². The highest BCUT2D eigenvalue weighted by Gasteiger charge is 2.39. The lowest BCUT2D eigenvalue weighted by Crippen LogP contribution is -2.49. The Balaban J connectivity index is 1.49. The molecule has 1 fully saturated rings. The van der Waals surface area contributed by atoms with Gasteiger partial charge < -0.3 is 25.2 Å². The number of hydrogen-bond acceptors (Lipinski definition) is 5. The van der Waals surface area contributed by atoms with E-state index in [4.69, 9.17) is 9.47 Å². The third kappa shape index (κ3) is 7.17. The Morgan fingerprint density at radius 2 is 1.86 bits per heavy atom. The Labute approximate surface area is 211 Å². The van der Waals surface area contributed by atoms with Gasteiger partial charge in [-0.3, -0.25) is 4.79 Å². The summed E-state index contributed by atoms with van der Waals surface area (Å²) in [6, 6.07) is 8.26. The largest absolute Gasteiger partial charge is 0.490 e. The van der Waals surface area contributed by atoms with Gasteiger partial charge in [0.1, 0.15) is 34.8 Å². The zero-order valence-corrected chi connectivity index (χ0v) is 21.3. The van der Waals surface area contributed by atoms with Crippen molar-refractivity contribution in [2.24, 2.45) is 5.92 Å². The molecule has 1 amide bonds. The van der Waals surface area contributed by atoms with Gasteiger partial charge in [0.05, 0.1) is 12.1 Å². The van der Waals surface area contributed by atoms with Crippen LogP contribution in [0.1, 0.15) is 64.1 Å². The predicted molar refractivity (Wildman–Crippen MR) is 133 cm³/mol. The van der Waals surface area contributed by atoms with E-state index in [9.17, 15) is 18.7 Å². The molecule has 4 rings (SSSR count). The van der Waals surface area contributed by atoms with Crippen molar-refractivity contribution in [3.63, 3.8) is 0 Å². The maximum absolute atomic E-state index is 13.7. The summed E-state index contributed by atoms with van der Waals surface area (Å²) in [6.07, 6.45) is 2.26. The molecule has 2 aliphatic rings. The average Bonchev–Trinajstić information content (AvgIpc) is 3.60. The molecule has 2 aromatic carbocycles. The van der Waals surface area contributed by atoms with Crippen molar-refractivity contribution in [1.82, 2.24) is 10.6 Å². The lowest BCUT2D eigenvalue weighted by molar-refractivity contribution is -0.120. The van der Waals surface area contributed by atoms with Crippen molar-refractivity contribution in [3.8, 4) is 11.5 Å². The van der Waals surface area contributed by atoms with Crippen LogP contribution in [0.5, 0.6) is 11.5 Å². The molecule has 2 aromatic rings. The fourth-order valence-corrected chi connectivity index (χ4v) is 4.78. The van der Waals surface area contributed by atoms with Crippen LogP contribution in [0.2, 0.25) is 0 Å². The lowest BCUT2D eigenvalue weighted by atomic mass is 9.93. The van der Waals surface area contributed by atoms with Gasteiger partial charge in [-0.25, -0.2) is 8.78 Å². The molecule has 0 saturated heterocycles. The Morgan fingerprint density at radius 1 is 1.17 bits per heavy atom. The number of amides is 1. The fraction of sp³-hybridized carbons (Fsp3) is 0.536. The van der Waals surface area contributed by atoms with Crippen molar-refractivity contribution in [2.45, 2.75) is 83.3 Å². The van der Waals surface area contributed by atoms with Crippen LogP contribution in [-0.2, 0) is 11.2 Å². The molecule has 1 aliphatic carbocycles. The number of carbonyl (C=O) groups excluding carboxylic acids is 1. The summed E-state index contributed by atoms with van der Waals surface area (Å²) in [4.78, 5) is 11.8. The molecule has 36 heavy (non-hydrogen) atoms. The van der Waals surface area contributed by atoms with Crippen molar-refractivity contribution in [3.05, 3.63) is 59.2 Å². The molecule has 1 saturated carbocycles. The number of aliphatic hydroxyl groups is 1. The molecular formula is C28H36F2N2O4. The van der Waals surface area contributed by atoms with Gasteiger partial charge in [0.2, 0.25) is 5.91 Å². The van der Waals surface area contributed by atoms with E-state index >= 15 is 0 Å². The Kier molecular flexibility index (Phi) is 7.85. The smallest absolute Gasteiger partial charge is 0.217 e. The van der Waals surface area contributed by atoms with Crippen molar-refractivity contribution < 1.29 is 28.2 Å². The number of benzene rings is 2. The van der Waals surface area contributed by atoms with Gasteiger partial charge in [-0.1, -0.05) is 0 Å². The Bertz CT molecular complexity index is 1060. The first-order valence-electron chi connectivity index (χ1n) is 12.6. The van der Waals surface area contributed by atoms with Gasteiger partial charge >= 0.3 is 0 Å². The number of ether oxygens (including phenoxy) is 2. The molecule has 1 heterocycles. The SMILES string of the molecule is CC(=O)N[C@@H](Cc1cc(F)cc(F)c1)[C@H](O)CN[C@H]1C[C@H](C2CC2)Oc2ccc(OC(C)(C)C)cc21. The van der Waals surface area contributed by atoms with E-state index in [0.29, 0.717) is 11.5 Å². The van der Waals surface area contributed by atoms with Gasteiger partial charge in [-0.15, -0.1) is 0 Å². The highest BCUT2D eigenvalue weighted by Crippen LogP contribution is 2.45. The Hall–Kier alpha value is -2.71. The van der Waals surface area contributed by atoms with Crippen molar-refractivity contribution in [2.75, 3.05) is 6.54 Å². The molecule has 6 nitrogen and oxygen atoms in total. The lowest BCUT2D eigenvalue weighted by Gasteiger charge is -2.35. The summed E-state index contributed by atoms with van der Waals surface area (Å²) in [5.41, 5.74) is 0.977. The third-order valence-electron chi connectivity index (χ3n) is 6.48. The zero-order valence-electron chi connectivity index (χ0n) is 21.3. The van der Waals surface area contributed by atoms with Crippen LogP contribution >= 0.6 is 0 Å². The van der Waals surface area contributed by atoms with E-state index < -0.39 is 23.8 Å². The summed E-state index contributed by atoms with van der Waals surface area (Å²) in [5.74, 6) is 0.360. The molecule has 4 atom stereocenters. The number of carbonyl (C=O) groups is 1. The van der Waals surface area contributed by atoms with E-state index in [-0.39, 0.29) is 36.6 Å². The van der Waals surface area contributed by atoms with Crippen LogP contribution in [0.4, 0.5) is 8.78 Å². The van der Waals surface area contributed by atoms with Gasteiger partial charge in [-0.2, -0.15) is 0 Å². The molecule has 0 spiro atoms. The second-order valence-corrected chi connectivity index (χ2v) is 11.0. The first kappa shape index (κ1) is 26.4. The second-order valence-electron chi connectivity index (χ2n) is 11.0. The highest BCUT2D eigenvalue weighted by molar-refractivity contribution is 5.73. The van der Waals surface area contributed by atoms with E-state index in [0.717, 1.165) is 42.4 Å². The third-order valence-corrected chi connectivity index (χ3v) is 6.48. The molecular weight excluding hydrogens is 466 g/mol. The number of aliphatic hydroxyl groups excluding tert-OH is 1. The summed E-state index contributed by atoms with van der Waals surface area (Å²) in [6.45, 7) is 7.50. The van der Waals surface area contributed by atoms with Gasteiger partial charge in [0, 0.05) is 37.6 Å². The van der Waals surface area contributed by atoms with Crippen LogP contribution in [-0.4, -0.2) is 41.4 Å². The van der Waals surface area contributed by atoms with Gasteiger partial charge in [-0.05, 0) is 81.8 Å². The standard InChI is InChI=1S/C28H36F2N2O4/c1-16(33)32-24(11-17-9-19(29)12-20(30)10-17)25(34)15-31-23-14-27(18-5-6-18)35-26-8-7-21(13-22(23)26)36-28(2,3)4/h7-10,12-13,18,23-25,27,31,34H,5-6,11,14-15H2,1-4H3,(H,32,33)/t23-,24-,25+,27+/m0/s1. The number of rotatable bonds is 9. The van der Waals surface area contributed by atoms with E-state index in [1.54, 1.807) is 0 Å². The number of fused-ring (bicyclic) bond motifs is 1. The molecule has 0 bridgehead atoms. The van der Waals surface area contributed by atoms with Crippen LogP contribution in [0.25, 0.3) is 0 Å². The number of nitrogens with one attached hydrogen (secondary N) is 2. The minimum absolute atomic E-state index is 0.0814. The molecule has 0 aromatic heterocycles. The topological polar surface area (TPSA) is 79.8 Å². The van der Waals surface area contributed by atoms with Crippen LogP contribution in [0.3, 0.4) is 0 Å². The van der Waals surface area contributed by atoms with E-state index in [2.05, 4.69) is 10.6 Å². The number of halogens is 2. The molecule has 0 unspecified atom stereocenters. The fourth-order valence-electron chi connectivity index (χ4n) is 4.78.